The Morgan fingerprint density at radius 1 is 1.10 bits per heavy atom. The average molecular weight is 402 g/mol. The van der Waals surface area contributed by atoms with Crippen molar-refractivity contribution < 1.29 is 28.3 Å². The first kappa shape index (κ1) is 20.7. The predicted octanol–water partition coefficient (Wildman–Crippen LogP) is 1.71. The lowest BCUT2D eigenvalue weighted by Gasteiger charge is -2.23. The van der Waals surface area contributed by atoms with Crippen LogP contribution in [0.3, 0.4) is 0 Å². The van der Waals surface area contributed by atoms with Crippen molar-refractivity contribution in [2.75, 3.05) is 0 Å². The fourth-order valence-corrected chi connectivity index (χ4v) is 3.57. The fourth-order valence-electron chi connectivity index (χ4n) is 3.57. The lowest BCUT2D eigenvalue weighted by Crippen LogP contribution is -2.46. The molecule has 0 spiro atoms. The zero-order valence-corrected chi connectivity index (χ0v) is 16.3. The summed E-state index contributed by atoms with van der Waals surface area (Å²) in [6.07, 6.45) is 3.59. The first-order valence-electron chi connectivity index (χ1n) is 9.54. The second kappa shape index (κ2) is 8.55. The molecule has 1 aliphatic heterocycles. The van der Waals surface area contributed by atoms with Crippen LogP contribution >= 0.6 is 0 Å². The molecule has 3 amide bonds. The van der Waals surface area contributed by atoms with Gasteiger partial charge in [0.25, 0.3) is 5.91 Å². The molecule has 0 aromatic heterocycles. The number of hydrogen-bond acceptors (Lipinski definition) is 5. The number of likely N-dealkylation sites (tertiary alicyclic amines) is 1. The molecule has 154 valence electrons. The van der Waals surface area contributed by atoms with Gasteiger partial charge >= 0.3 is 5.97 Å². The summed E-state index contributed by atoms with van der Waals surface area (Å²) >= 11 is 0. The molecule has 1 aliphatic carbocycles. The number of carbonyl (C=O) groups excluding carboxylic acids is 4. The molecule has 0 radical (unpaired) electrons. The number of halogens is 1. The maximum absolute atomic E-state index is 12.9. The number of allylic oxidation sites excluding steroid dienone is 2. The molecule has 29 heavy (non-hydrogen) atoms. The van der Waals surface area contributed by atoms with Gasteiger partial charge in [0.05, 0.1) is 11.8 Å². The number of benzene rings is 1. The van der Waals surface area contributed by atoms with E-state index in [2.05, 4.69) is 5.32 Å². The van der Waals surface area contributed by atoms with Gasteiger partial charge in [-0.3, -0.25) is 19.3 Å². The predicted molar refractivity (Wildman–Crippen MR) is 100 cm³/mol. The zero-order chi connectivity index (χ0) is 21.1. The second-order valence-electron chi connectivity index (χ2n) is 7.30. The molecule has 0 saturated carbocycles. The average Bonchev–Trinajstić information content (AvgIpc) is 2.97. The van der Waals surface area contributed by atoms with E-state index in [1.807, 2.05) is 12.2 Å². The van der Waals surface area contributed by atoms with Gasteiger partial charge in [-0.25, -0.2) is 9.18 Å². The van der Waals surface area contributed by atoms with Gasteiger partial charge < -0.3 is 10.1 Å². The molecule has 7 nitrogen and oxygen atoms in total. The normalized spacial score (nSPS) is 22.8. The number of carbonyl (C=O) groups is 4. The summed E-state index contributed by atoms with van der Waals surface area (Å²) in [7, 11) is 0. The lowest BCUT2D eigenvalue weighted by atomic mass is 9.85. The minimum Gasteiger partial charge on any atom is -0.451 e. The highest BCUT2D eigenvalue weighted by Gasteiger charge is 2.50. The van der Waals surface area contributed by atoms with Crippen LogP contribution in [0, 0.1) is 17.7 Å². The van der Waals surface area contributed by atoms with Gasteiger partial charge in [-0.05, 0) is 44.4 Å². The minimum absolute atomic E-state index is 0.149. The highest BCUT2D eigenvalue weighted by Crippen LogP contribution is 2.36. The van der Waals surface area contributed by atoms with E-state index in [9.17, 15) is 23.6 Å². The number of nitrogens with zero attached hydrogens (tertiary/aromatic N) is 1. The summed E-state index contributed by atoms with van der Waals surface area (Å²) in [6.45, 7) is 2.98. The van der Waals surface area contributed by atoms with Gasteiger partial charge in [0, 0.05) is 6.54 Å². The standard InChI is InChI=1S/C21H23FN2O5/c1-12(24-19(26)16-5-3-4-6-17(16)20(24)27)21(28)29-13(2)18(25)23-11-14-7-9-15(22)10-8-14/h3-4,7-10,12-13,16-17H,5-6,11H2,1-2H3,(H,23,25)/t12-,13-,16-,17-/m0/s1. The van der Waals surface area contributed by atoms with E-state index in [0.717, 1.165) is 4.90 Å². The van der Waals surface area contributed by atoms with Crippen molar-refractivity contribution in [3.8, 4) is 0 Å². The quantitative estimate of drug-likeness (QED) is 0.444. The number of imide groups is 1. The third kappa shape index (κ3) is 4.36. The van der Waals surface area contributed by atoms with Crippen molar-refractivity contribution in [1.29, 1.82) is 0 Å². The van der Waals surface area contributed by atoms with E-state index >= 15 is 0 Å². The number of fused-ring (bicyclic) bond motifs is 1. The van der Waals surface area contributed by atoms with E-state index in [0.29, 0.717) is 18.4 Å². The van der Waals surface area contributed by atoms with Gasteiger partial charge in [0.1, 0.15) is 11.9 Å². The largest absolute Gasteiger partial charge is 0.451 e. The lowest BCUT2D eigenvalue weighted by molar-refractivity contribution is -0.164. The number of ether oxygens (including phenoxy) is 1. The third-order valence-corrected chi connectivity index (χ3v) is 5.31. The van der Waals surface area contributed by atoms with Crippen LogP contribution in [0.4, 0.5) is 4.39 Å². The van der Waals surface area contributed by atoms with Crippen LogP contribution in [0.1, 0.15) is 32.3 Å². The summed E-state index contributed by atoms with van der Waals surface area (Å²) in [5.41, 5.74) is 0.691. The van der Waals surface area contributed by atoms with Crippen molar-refractivity contribution in [2.45, 2.75) is 45.4 Å². The summed E-state index contributed by atoms with van der Waals surface area (Å²) in [4.78, 5) is 50.7. The molecule has 8 heteroatoms. The number of esters is 1. The van der Waals surface area contributed by atoms with Crippen LogP contribution in [0.15, 0.2) is 36.4 Å². The summed E-state index contributed by atoms with van der Waals surface area (Å²) in [6, 6.07) is 4.53. The third-order valence-electron chi connectivity index (χ3n) is 5.31. The Labute approximate surface area is 167 Å². The van der Waals surface area contributed by atoms with Gasteiger partial charge in [-0.1, -0.05) is 24.3 Å². The molecule has 1 fully saturated rings. The van der Waals surface area contributed by atoms with Crippen molar-refractivity contribution in [2.24, 2.45) is 11.8 Å². The van der Waals surface area contributed by atoms with E-state index in [1.165, 1.54) is 38.1 Å². The Bertz CT molecular complexity index is 825. The zero-order valence-electron chi connectivity index (χ0n) is 16.3. The van der Waals surface area contributed by atoms with E-state index in [-0.39, 0.29) is 24.2 Å². The maximum atomic E-state index is 12.9. The highest BCUT2D eigenvalue weighted by molar-refractivity contribution is 6.08. The molecule has 4 atom stereocenters. The van der Waals surface area contributed by atoms with Crippen molar-refractivity contribution in [3.05, 3.63) is 47.8 Å². The van der Waals surface area contributed by atoms with E-state index in [1.54, 1.807) is 0 Å². The Balaban J connectivity index is 1.54. The van der Waals surface area contributed by atoms with Crippen LogP contribution in [0.2, 0.25) is 0 Å². The number of hydrogen-bond donors (Lipinski definition) is 1. The fraction of sp³-hybridized carbons (Fsp3) is 0.429. The van der Waals surface area contributed by atoms with Crippen LogP contribution in [0.5, 0.6) is 0 Å². The first-order valence-corrected chi connectivity index (χ1v) is 9.54. The number of amides is 3. The SMILES string of the molecule is C[C@H](OC(=O)[C@H](C)N1C(=O)[C@H]2CC=CC[C@@H]2C1=O)C(=O)NCc1ccc(F)cc1. The molecule has 0 bridgehead atoms. The Hall–Kier alpha value is -3.03. The Morgan fingerprint density at radius 3 is 2.21 bits per heavy atom. The first-order chi connectivity index (χ1) is 13.8. The smallest absolute Gasteiger partial charge is 0.329 e. The van der Waals surface area contributed by atoms with Gasteiger partial charge in [0.15, 0.2) is 6.10 Å². The molecule has 1 aromatic rings. The highest BCUT2D eigenvalue weighted by atomic mass is 19.1. The van der Waals surface area contributed by atoms with E-state index < -0.39 is 35.9 Å². The Morgan fingerprint density at radius 2 is 1.66 bits per heavy atom. The van der Waals surface area contributed by atoms with Crippen LogP contribution in [-0.2, 0) is 30.5 Å². The summed E-state index contributed by atoms with van der Waals surface area (Å²) in [5, 5.41) is 2.60. The van der Waals surface area contributed by atoms with Crippen molar-refractivity contribution in [3.63, 3.8) is 0 Å². The molecule has 2 aliphatic rings. The van der Waals surface area contributed by atoms with Gasteiger partial charge in [0.2, 0.25) is 11.8 Å². The molecule has 1 heterocycles. The molecule has 3 rings (SSSR count). The molecular formula is C21H23FN2O5. The second-order valence-corrected chi connectivity index (χ2v) is 7.30. The van der Waals surface area contributed by atoms with Crippen LogP contribution < -0.4 is 5.32 Å². The number of rotatable bonds is 6. The molecule has 1 N–H and O–H groups in total. The maximum Gasteiger partial charge on any atom is 0.329 e. The van der Waals surface area contributed by atoms with Gasteiger partial charge in [-0.15, -0.1) is 0 Å². The van der Waals surface area contributed by atoms with Gasteiger partial charge in [-0.2, -0.15) is 0 Å². The molecule has 0 unspecified atom stereocenters. The van der Waals surface area contributed by atoms with Crippen molar-refractivity contribution in [1.82, 2.24) is 10.2 Å². The summed E-state index contributed by atoms with van der Waals surface area (Å²) < 4.78 is 18.1. The molecule has 1 aromatic carbocycles. The van der Waals surface area contributed by atoms with Crippen LogP contribution in [0.25, 0.3) is 0 Å². The molecule has 1 saturated heterocycles. The number of nitrogens with one attached hydrogen (secondary N) is 1. The van der Waals surface area contributed by atoms with Crippen molar-refractivity contribution >= 4 is 23.7 Å². The topological polar surface area (TPSA) is 92.8 Å². The van der Waals surface area contributed by atoms with Crippen LogP contribution in [-0.4, -0.2) is 40.7 Å². The molecular weight excluding hydrogens is 379 g/mol. The minimum atomic E-state index is -1.11. The Kier molecular flexibility index (Phi) is 6.10. The summed E-state index contributed by atoms with van der Waals surface area (Å²) in [5.74, 6) is -3.34. The van der Waals surface area contributed by atoms with E-state index in [4.69, 9.17) is 4.74 Å². The monoisotopic (exact) mass is 402 g/mol.